The number of hydrogen-bond acceptors (Lipinski definition) is 6. The van der Waals surface area contributed by atoms with Gasteiger partial charge in [-0.3, -0.25) is 4.79 Å². The maximum Gasteiger partial charge on any atom is 0.235 e. The average molecular weight is 416 g/mol. The molecule has 3 aromatic rings. The van der Waals surface area contributed by atoms with Gasteiger partial charge in [0.1, 0.15) is 11.7 Å². The molecule has 132 valence electrons. The summed E-state index contributed by atoms with van der Waals surface area (Å²) in [6.07, 6.45) is 0. The van der Waals surface area contributed by atoms with Crippen molar-refractivity contribution in [3.8, 4) is 34.6 Å². The molecule has 0 fully saturated rings. The van der Waals surface area contributed by atoms with E-state index in [0.717, 1.165) is 0 Å². The summed E-state index contributed by atoms with van der Waals surface area (Å²) in [4.78, 5) is 12.8. The molecule has 0 saturated heterocycles. The molecule has 0 unspecified atom stereocenters. The lowest BCUT2D eigenvalue weighted by Gasteiger charge is -2.14. The minimum absolute atomic E-state index is 0.0237. The topological polar surface area (TPSA) is 81.7 Å². The van der Waals surface area contributed by atoms with Gasteiger partial charge in [-0.15, -0.1) is 0 Å². The molecule has 0 saturated carbocycles. The molecule has 2 aromatic carbocycles. The maximum absolute atomic E-state index is 12.8. The Hall–Kier alpha value is -2.98. The Balaban J connectivity index is 2.32. The van der Waals surface area contributed by atoms with Crippen molar-refractivity contribution in [2.75, 3.05) is 20.8 Å². The molecule has 3 rings (SSSR count). The van der Waals surface area contributed by atoms with E-state index in [1.807, 2.05) is 6.07 Å². The van der Waals surface area contributed by atoms with Crippen LogP contribution in [0.15, 0.2) is 50.1 Å². The number of ether oxygens (including phenoxy) is 3. The van der Waals surface area contributed by atoms with Gasteiger partial charge in [-0.05, 0) is 40.2 Å². The van der Waals surface area contributed by atoms with Crippen LogP contribution in [-0.2, 0) is 0 Å². The summed E-state index contributed by atoms with van der Waals surface area (Å²) >= 11 is 3.42. The predicted octanol–water partition coefficient (Wildman–Crippen LogP) is 4.14. The molecule has 0 bridgehead atoms. The van der Waals surface area contributed by atoms with Gasteiger partial charge in [0.25, 0.3) is 0 Å². The van der Waals surface area contributed by atoms with Gasteiger partial charge in [0.05, 0.1) is 24.1 Å². The fourth-order valence-electron chi connectivity index (χ4n) is 2.60. The summed E-state index contributed by atoms with van der Waals surface area (Å²) in [7, 11) is 3.04. The van der Waals surface area contributed by atoms with Crippen LogP contribution in [0, 0.1) is 11.3 Å². The highest BCUT2D eigenvalue weighted by atomic mass is 79.9. The number of nitrogens with zero attached hydrogens (tertiary/aromatic N) is 1. The fraction of sp³-hybridized carbons (Fsp3) is 0.158. The molecular weight excluding hydrogens is 402 g/mol. The molecule has 0 aliphatic heterocycles. The summed E-state index contributed by atoms with van der Waals surface area (Å²) in [5.41, 5.74) is 0.621. The van der Waals surface area contributed by atoms with Crippen molar-refractivity contribution in [1.82, 2.24) is 0 Å². The maximum atomic E-state index is 12.8. The van der Waals surface area contributed by atoms with Gasteiger partial charge in [-0.25, -0.2) is 0 Å². The Labute approximate surface area is 157 Å². The summed E-state index contributed by atoms with van der Waals surface area (Å²) in [6.45, 7) is -0.273. The van der Waals surface area contributed by atoms with Crippen LogP contribution < -0.4 is 19.6 Å². The van der Waals surface area contributed by atoms with Crippen molar-refractivity contribution in [2.45, 2.75) is 0 Å². The highest BCUT2D eigenvalue weighted by molar-refractivity contribution is 9.10. The van der Waals surface area contributed by atoms with Crippen molar-refractivity contribution in [3.63, 3.8) is 0 Å². The van der Waals surface area contributed by atoms with Crippen LogP contribution in [0.5, 0.6) is 17.2 Å². The molecule has 0 radical (unpaired) electrons. The van der Waals surface area contributed by atoms with E-state index < -0.39 is 0 Å². The van der Waals surface area contributed by atoms with Crippen LogP contribution >= 0.6 is 15.9 Å². The molecule has 1 heterocycles. The minimum Gasteiger partial charge on any atom is -0.493 e. The van der Waals surface area contributed by atoms with Crippen molar-refractivity contribution in [3.05, 3.63) is 51.1 Å². The first-order valence-electron chi connectivity index (χ1n) is 7.58. The number of rotatable bonds is 5. The third-order valence-electron chi connectivity index (χ3n) is 3.73. The Bertz CT molecular complexity index is 1070. The van der Waals surface area contributed by atoms with Gasteiger partial charge in [0.15, 0.2) is 23.9 Å². The van der Waals surface area contributed by atoms with Crippen LogP contribution in [0.3, 0.4) is 0 Å². The van der Waals surface area contributed by atoms with Crippen LogP contribution in [-0.4, -0.2) is 20.8 Å². The molecule has 0 N–H and O–H groups in total. The zero-order chi connectivity index (χ0) is 18.7. The van der Waals surface area contributed by atoms with Gasteiger partial charge in [-0.1, -0.05) is 12.1 Å². The van der Waals surface area contributed by atoms with Crippen molar-refractivity contribution in [1.29, 1.82) is 5.26 Å². The summed E-state index contributed by atoms with van der Waals surface area (Å²) in [5, 5.41) is 9.21. The largest absolute Gasteiger partial charge is 0.493 e. The number of fused-ring (bicyclic) bond motifs is 1. The minimum atomic E-state index is -0.344. The second-order valence-electron chi connectivity index (χ2n) is 5.23. The molecule has 26 heavy (non-hydrogen) atoms. The average Bonchev–Trinajstić information content (AvgIpc) is 2.66. The van der Waals surface area contributed by atoms with Crippen molar-refractivity contribution < 1.29 is 18.6 Å². The first-order valence-corrected chi connectivity index (χ1v) is 8.37. The molecule has 0 aliphatic carbocycles. The number of hydrogen-bond donors (Lipinski definition) is 0. The van der Waals surface area contributed by atoms with Crippen LogP contribution in [0.1, 0.15) is 0 Å². The van der Waals surface area contributed by atoms with Gasteiger partial charge < -0.3 is 18.6 Å². The number of para-hydroxylation sites is 1. The standard InChI is InChI=1S/C19H14BrNO5/c1-23-15-10-11(9-13(20)18(15)24-2)17-19(25-8-7-21)16(22)12-5-3-4-6-14(12)26-17/h3-6,9-10H,8H2,1-2H3. The van der Waals surface area contributed by atoms with Crippen LogP contribution in [0.4, 0.5) is 0 Å². The SMILES string of the molecule is COc1cc(-c2oc3ccccc3c(=O)c2OCC#N)cc(Br)c1OC. The smallest absolute Gasteiger partial charge is 0.235 e. The van der Waals surface area contributed by atoms with E-state index in [-0.39, 0.29) is 23.5 Å². The van der Waals surface area contributed by atoms with E-state index in [2.05, 4.69) is 15.9 Å². The number of nitriles is 1. The van der Waals surface area contributed by atoms with E-state index in [1.165, 1.54) is 14.2 Å². The zero-order valence-corrected chi connectivity index (χ0v) is 15.6. The van der Waals surface area contributed by atoms with E-state index >= 15 is 0 Å². The van der Waals surface area contributed by atoms with E-state index in [0.29, 0.717) is 32.5 Å². The Morgan fingerprint density at radius 3 is 2.62 bits per heavy atom. The lowest BCUT2D eigenvalue weighted by atomic mass is 10.1. The van der Waals surface area contributed by atoms with Gasteiger partial charge in [-0.2, -0.15) is 5.26 Å². The van der Waals surface area contributed by atoms with E-state index in [9.17, 15) is 4.79 Å². The number of benzene rings is 2. The Morgan fingerprint density at radius 1 is 1.15 bits per heavy atom. The first kappa shape index (κ1) is 17.8. The molecule has 0 atom stereocenters. The highest BCUT2D eigenvalue weighted by Crippen LogP contribution is 2.41. The third kappa shape index (κ3) is 3.11. The summed E-state index contributed by atoms with van der Waals surface area (Å²) < 4.78 is 22.6. The molecule has 6 nitrogen and oxygen atoms in total. The summed E-state index contributed by atoms with van der Waals surface area (Å²) in [5.74, 6) is 1.16. The Kier molecular flexibility index (Phi) is 5.14. The van der Waals surface area contributed by atoms with Gasteiger partial charge in [0.2, 0.25) is 11.2 Å². The molecule has 0 amide bonds. The van der Waals surface area contributed by atoms with Crippen molar-refractivity contribution >= 4 is 26.9 Å². The molecule has 1 aromatic heterocycles. The fourth-order valence-corrected chi connectivity index (χ4v) is 3.20. The zero-order valence-electron chi connectivity index (χ0n) is 14.0. The van der Waals surface area contributed by atoms with Crippen molar-refractivity contribution in [2.24, 2.45) is 0 Å². The number of methoxy groups -OCH3 is 2. The molecular formula is C19H14BrNO5. The second-order valence-corrected chi connectivity index (χ2v) is 6.08. The van der Waals surface area contributed by atoms with Gasteiger partial charge in [0, 0.05) is 5.56 Å². The first-order chi connectivity index (χ1) is 12.6. The third-order valence-corrected chi connectivity index (χ3v) is 4.32. The second kappa shape index (κ2) is 7.50. The predicted molar refractivity (Wildman–Crippen MR) is 99.8 cm³/mol. The quantitative estimate of drug-likeness (QED) is 0.622. The van der Waals surface area contributed by atoms with E-state index in [4.69, 9.17) is 23.9 Å². The van der Waals surface area contributed by atoms with Crippen LogP contribution in [0.2, 0.25) is 0 Å². The lowest BCUT2D eigenvalue weighted by molar-refractivity contribution is 0.351. The monoisotopic (exact) mass is 415 g/mol. The van der Waals surface area contributed by atoms with E-state index in [1.54, 1.807) is 36.4 Å². The summed E-state index contributed by atoms with van der Waals surface area (Å²) in [6, 6.07) is 12.1. The lowest BCUT2D eigenvalue weighted by Crippen LogP contribution is -2.10. The van der Waals surface area contributed by atoms with Gasteiger partial charge >= 0.3 is 0 Å². The highest BCUT2D eigenvalue weighted by Gasteiger charge is 2.20. The molecule has 0 spiro atoms. The normalized spacial score (nSPS) is 10.4. The molecule has 7 heteroatoms. The number of halogens is 1. The van der Waals surface area contributed by atoms with Crippen LogP contribution in [0.25, 0.3) is 22.3 Å². The molecule has 0 aliphatic rings. The Morgan fingerprint density at radius 2 is 1.92 bits per heavy atom.